The number of hydrogen-bond acceptors (Lipinski definition) is 5. The maximum Gasteiger partial charge on any atom is 0.271 e. The van der Waals surface area contributed by atoms with Gasteiger partial charge in [0.25, 0.3) is 11.5 Å². The minimum absolute atomic E-state index is 0.205. The van der Waals surface area contributed by atoms with Gasteiger partial charge >= 0.3 is 0 Å². The number of anilines is 1. The molecule has 7 rings (SSSR count). The molecule has 0 fully saturated rings. The minimum atomic E-state index is -0.693. The van der Waals surface area contributed by atoms with E-state index in [1.165, 1.54) is 16.9 Å². The van der Waals surface area contributed by atoms with Crippen LogP contribution in [-0.2, 0) is 11.3 Å². The predicted molar refractivity (Wildman–Crippen MR) is 179 cm³/mol. The highest BCUT2D eigenvalue weighted by Gasteiger charge is 2.33. The molecule has 0 saturated heterocycles. The van der Waals surface area contributed by atoms with E-state index in [0.29, 0.717) is 38.6 Å². The Bertz CT molecular complexity index is 2260. The third-order valence-electron chi connectivity index (χ3n) is 8.01. The van der Waals surface area contributed by atoms with E-state index in [-0.39, 0.29) is 11.5 Å². The minimum Gasteiger partial charge on any atom is -0.497 e. The van der Waals surface area contributed by atoms with E-state index in [4.69, 9.17) is 9.73 Å². The van der Waals surface area contributed by atoms with E-state index >= 15 is 0 Å². The molecule has 1 N–H and O–H groups in total. The molecule has 222 valence electrons. The van der Waals surface area contributed by atoms with Crippen LogP contribution in [0.5, 0.6) is 5.75 Å². The molecule has 0 radical (unpaired) electrons. The highest BCUT2D eigenvalue weighted by Crippen LogP contribution is 2.32. The summed E-state index contributed by atoms with van der Waals surface area (Å²) in [5.41, 5.74) is 5.41. The van der Waals surface area contributed by atoms with Crippen LogP contribution < -0.4 is 24.9 Å². The Balaban J connectivity index is 1.37. The molecule has 0 bridgehead atoms. The van der Waals surface area contributed by atoms with Gasteiger partial charge in [0.15, 0.2) is 4.80 Å². The summed E-state index contributed by atoms with van der Waals surface area (Å²) >= 11 is 1.33. The quantitative estimate of drug-likeness (QED) is 0.245. The number of hydrogen-bond donors (Lipinski definition) is 1. The van der Waals surface area contributed by atoms with Gasteiger partial charge in [0, 0.05) is 34.9 Å². The number of ether oxygens (including phenoxy) is 1. The van der Waals surface area contributed by atoms with E-state index in [1.807, 2.05) is 97.9 Å². The molecule has 0 aliphatic carbocycles. The number of aromatic nitrogens is 2. The van der Waals surface area contributed by atoms with Crippen LogP contribution in [-0.4, -0.2) is 22.2 Å². The number of fused-ring (bicyclic) bond motifs is 2. The molecule has 1 aliphatic rings. The molecular weight excluding hydrogens is 580 g/mol. The van der Waals surface area contributed by atoms with Gasteiger partial charge in [0.1, 0.15) is 5.75 Å². The first-order valence-electron chi connectivity index (χ1n) is 14.6. The second kappa shape index (κ2) is 11.9. The zero-order valence-corrected chi connectivity index (χ0v) is 25.6. The maximum absolute atomic E-state index is 14.3. The topological polar surface area (TPSA) is 77.6 Å². The van der Waals surface area contributed by atoms with Crippen molar-refractivity contribution in [1.82, 2.24) is 9.13 Å². The Kier molecular flexibility index (Phi) is 7.49. The Morgan fingerprint density at radius 1 is 0.956 bits per heavy atom. The summed E-state index contributed by atoms with van der Waals surface area (Å²) in [6.45, 7) is 2.53. The van der Waals surface area contributed by atoms with Gasteiger partial charge in [-0.2, -0.15) is 0 Å². The summed E-state index contributed by atoms with van der Waals surface area (Å²) in [4.78, 5) is 33.5. The van der Waals surface area contributed by atoms with Gasteiger partial charge in [-0.25, -0.2) is 4.99 Å². The lowest BCUT2D eigenvalue weighted by molar-refractivity contribution is -0.113. The fraction of sp³-hybridized carbons (Fsp3) is 0.108. The largest absolute Gasteiger partial charge is 0.497 e. The summed E-state index contributed by atoms with van der Waals surface area (Å²) in [5, 5.41) is 4.06. The number of thiazole rings is 1. The number of allylic oxidation sites excluding steroid dienone is 1. The second-order valence-electron chi connectivity index (χ2n) is 10.9. The number of methoxy groups -OCH3 is 1. The summed E-state index contributed by atoms with van der Waals surface area (Å²) in [5.74, 6) is 0.326. The first-order valence-corrected chi connectivity index (χ1v) is 15.5. The first-order chi connectivity index (χ1) is 22.0. The fourth-order valence-corrected chi connectivity index (χ4v) is 6.94. The van der Waals surface area contributed by atoms with Crippen molar-refractivity contribution < 1.29 is 9.53 Å². The lowest BCUT2D eigenvalue weighted by Gasteiger charge is -2.25. The number of nitrogens with zero attached hydrogens (tertiary/aromatic N) is 3. The van der Waals surface area contributed by atoms with Crippen molar-refractivity contribution >= 4 is 39.9 Å². The molecule has 0 spiro atoms. The second-order valence-corrected chi connectivity index (χ2v) is 11.9. The van der Waals surface area contributed by atoms with Crippen molar-refractivity contribution in [3.63, 3.8) is 0 Å². The van der Waals surface area contributed by atoms with Gasteiger partial charge in [-0.1, -0.05) is 90.2 Å². The predicted octanol–water partition coefficient (Wildman–Crippen LogP) is 5.89. The zero-order chi connectivity index (χ0) is 30.9. The lowest BCUT2D eigenvalue weighted by atomic mass is 9.95. The van der Waals surface area contributed by atoms with E-state index in [0.717, 1.165) is 22.0 Å². The number of para-hydroxylation sites is 2. The van der Waals surface area contributed by atoms with Gasteiger partial charge < -0.3 is 14.6 Å². The molecule has 1 atom stereocenters. The van der Waals surface area contributed by atoms with Crippen molar-refractivity contribution in [3.05, 3.63) is 163 Å². The third kappa shape index (κ3) is 5.41. The molecule has 3 heterocycles. The van der Waals surface area contributed by atoms with E-state index in [9.17, 15) is 9.59 Å². The number of carbonyl (C=O) groups excluding carboxylic acids is 1. The van der Waals surface area contributed by atoms with Crippen LogP contribution in [0.3, 0.4) is 0 Å². The highest BCUT2D eigenvalue weighted by molar-refractivity contribution is 7.07. The molecule has 4 aromatic carbocycles. The van der Waals surface area contributed by atoms with Crippen LogP contribution >= 0.6 is 11.3 Å². The molecule has 7 nitrogen and oxygen atoms in total. The highest BCUT2D eigenvalue weighted by atomic mass is 32.1. The summed E-state index contributed by atoms with van der Waals surface area (Å²) in [7, 11) is 1.60. The number of rotatable bonds is 7. The zero-order valence-electron chi connectivity index (χ0n) is 24.8. The van der Waals surface area contributed by atoms with Crippen molar-refractivity contribution in [2.24, 2.45) is 4.99 Å². The van der Waals surface area contributed by atoms with Crippen LogP contribution in [0.4, 0.5) is 5.69 Å². The number of nitrogens with one attached hydrogen (secondary N) is 1. The Morgan fingerprint density at radius 3 is 2.47 bits per heavy atom. The Labute approximate surface area is 263 Å². The average Bonchev–Trinajstić information content (AvgIpc) is 3.57. The van der Waals surface area contributed by atoms with E-state index in [1.54, 1.807) is 11.7 Å². The van der Waals surface area contributed by atoms with Crippen molar-refractivity contribution in [1.29, 1.82) is 0 Å². The normalized spacial score (nSPS) is 14.7. The molecule has 1 aliphatic heterocycles. The first kappa shape index (κ1) is 28.3. The SMILES string of the molecule is COc1cccc(C2C(C(=O)Nc3ccccc3)=C(C)N=c3sc(=Cc4cn(Cc5ccccc5)c5ccccc45)c(=O)n32)c1. The van der Waals surface area contributed by atoms with Crippen LogP contribution in [0.15, 0.2) is 136 Å². The fourth-order valence-electron chi connectivity index (χ4n) is 5.90. The van der Waals surface area contributed by atoms with Gasteiger partial charge in [0.2, 0.25) is 0 Å². The molecule has 0 saturated carbocycles. The average molecular weight is 611 g/mol. The van der Waals surface area contributed by atoms with Gasteiger partial charge in [-0.05, 0) is 54.5 Å². The molecule has 1 unspecified atom stereocenters. The van der Waals surface area contributed by atoms with Crippen molar-refractivity contribution in [2.45, 2.75) is 19.5 Å². The molecule has 8 heteroatoms. The molecule has 2 aromatic heterocycles. The molecular formula is C37H30N4O3S. The van der Waals surface area contributed by atoms with Gasteiger partial charge in [-0.3, -0.25) is 14.2 Å². The standard InChI is InChI=1S/C37H30N4O3S/c1-24-33(35(42)39-28-15-7-4-8-16-28)34(26-14-11-17-29(20-26)44-2)41-36(43)32(45-37(41)38-24)21-27-23-40(22-25-12-5-3-6-13-25)31-19-10-9-18-30(27)31/h3-21,23,34H,22H2,1-2H3,(H,39,42). The van der Waals surface area contributed by atoms with E-state index in [2.05, 4.69) is 40.3 Å². The van der Waals surface area contributed by atoms with Crippen LogP contribution in [0.2, 0.25) is 0 Å². The van der Waals surface area contributed by atoms with Crippen LogP contribution in [0.25, 0.3) is 17.0 Å². The lowest BCUT2D eigenvalue weighted by Crippen LogP contribution is -2.40. The Morgan fingerprint density at radius 2 is 1.69 bits per heavy atom. The molecule has 1 amide bonds. The van der Waals surface area contributed by atoms with Crippen molar-refractivity contribution in [2.75, 3.05) is 12.4 Å². The van der Waals surface area contributed by atoms with Crippen molar-refractivity contribution in [3.8, 4) is 5.75 Å². The maximum atomic E-state index is 14.3. The van der Waals surface area contributed by atoms with Gasteiger partial charge in [0.05, 0.1) is 29.0 Å². The van der Waals surface area contributed by atoms with E-state index < -0.39 is 6.04 Å². The monoisotopic (exact) mass is 610 g/mol. The summed E-state index contributed by atoms with van der Waals surface area (Å²) < 4.78 is 9.91. The van der Waals surface area contributed by atoms with Gasteiger partial charge in [-0.15, -0.1) is 0 Å². The summed E-state index contributed by atoms with van der Waals surface area (Å²) in [6, 6.07) is 34.6. The number of amides is 1. The molecule has 45 heavy (non-hydrogen) atoms. The van der Waals surface area contributed by atoms with Crippen LogP contribution in [0.1, 0.15) is 29.7 Å². The smallest absolute Gasteiger partial charge is 0.271 e. The molecule has 6 aromatic rings. The number of benzene rings is 4. The summed E-state index contributed by atoms with van der Waals surface area (Å²) in [6.07, 6.45) is 4.04. The van der Waals surface area contributed by atoms with Crippen LogP contribution in [0, 0.1) is 0 Å². The third-order valence-corrected chi connectivity index (χ3v) is 8.99. The number of carbonyl (C=O) groups is 1. The Hall–Kier alpha value is -5.47.